The average Bonchev–Trinajstić information content (AvgIpc) is 3.18. The van der Waals surface area contributed by atoms with Crippen LogP contribution < -0.4 is 0 Å². The highest BCUT2D eigenvalue weighted by Gasteiger charge is 2.55. The molecule has 0 unspecified atom stereocenters. The van der Waals surface area contributed by atoms with Crippen molar-refractivity contribution in [3.8, 4) is 0 Å². The number of fused-ring (bicyclic) bond motifs is 4. The fourth-order valence-corrected chi connectivity index (χ4v) is 9.09. The first-order chi connectivity index (χ1) is 18.6. The van der Waals surface area contributed by atoms with Gasteiger partial charge < -0.3 is 10.0 Å². The maximum absolute atomic E-state index is 12.5. The van der Waals surface area contributed by atoms with Gasteiger partial charge in [0.05, 0.1) is 6.10 Å². The van der Waals surface area contributed by atoms with Gasteiger partial charge in [-0.25, -0.2) is 0 Å². The molecule has 0 aromatic rings. The van der Waals surface area contributed by atoms with Gasteiger partial charge >= 0.3 is 0 Å². The Labute approximate surface area is 239 Å². The van der Waals surface area contributed by atoms with Crippen LogP contribution in [0.3, 0.4) is 0 Å². The van der Waals surface area contributed by atoms with Gasteiger partial charge in [0.25, 0.3) is 0 Å². The number of rotatable bonds is 13. The molecule has 0 spiro atoms. The maximum atomic E-state index is 12.5. The summed E-state index contributed by atoms with van der Waals surface area (Å²) in [6.07, 6.45) is 20.8. The molecule has 0 aliphatic heterocycles. The van der Waals surface area contributed by atoms with Crippen molar-refractivity contribution in [3.05, 3.63) is 22.8 Å². The van der Waals surface area contributed by atoms with E-state index in [1.54, 1.807) is 11.1 Å². The van der Waals surface area contributed by atoms with Crippen LogP contribution in [-0.4, -0.2) is 39.9 Å². The molecule has 2 saturated carbocycles. The van der Waals surface area contributed by atoms with E-state index in [9.17, 15) is 14.7 Å². The number of carbonyl (C=O) groups is 2. The molecule has 5 atom stereocenters. The van der Waals surface area contributed by atoms with Crippen LogP contribution in [0.1, 0.15) is 144 Å². The van der Waals surface area contributed by atoms with E-state index in [1.165, 1.54) is 63.4 Å². The number of hydrogen-bond donors (Lipinski definition) is 1. The largest absolute Gasteiger partial charge is 0.393 e. The molecule has 4 heteroatoms. The second kappa shape index (κ2) is 13.5. The quantitative estimate of drug-likeness (QED) is 0.239. The van der Waals surface area contributed by atoms with Crippen molar-refractivity contribution in [1.82, 2.24) is 4.90 Å². The fraction of sp³-hybridized carbons (Fsp3) is 0.829. The molecule has 0 aromatic heterocycles. The Morgan fingerprint density at radius 1 is 0.923 bits per heavy atom. The molecule has 220 valence electrons. The highest BCUT2D eigenvalue weighted by atomic mass is 16.3. The summed E-state index contributed by atoms with van der Waals surface area (Å²) in [6, 6.07) is 0.565. The number of allylic oxidation sites excluding steroid dienone is 4. The van der Waals surface area contributed by atoms with Crippen LogP contribution in [0.25, 0.3) is 0 Å². The van der Waals surface area contributed by atoms with Crippen LogP contribution >= 0.6 is 0 Å². The van der Waals surface area contributed by atoms with Gasteiger partial charge in [0, 0.05) is 24.9 Å². The summed E-state index contributed by atoms with van der Waals surface area (Å²) in [4.78, 5) is 26.7. The minimum Gasteiger partial charge on any atom is -0.393 e. The van der Waals surface area contributed by atoms with Crippen LogP contribution in [0, 0.1) is 23.2 Å². The smallest absolute Gasteiger partial charge is 0.223 e. The van der Waals surface area contributed by atoms with E-state index in [0.717, 1.165) is 38.5 Å². The summed E-state index contributed by atoms with van der Waals surface area (Å²) in [6.45, 7) is 10.8. The fourth-order valence-electron chi connectivity index (χ4n) is 9.09. The zero-order valence-electron chi connectivity index (χ0n) is 25.8. The van der Waals surface area contributed by atoms with Gasteiger partial charge in [0.2, 0.25) is 5.91 Å². The van der Waals surface area contributed by atoms with Crippen LogP contribution in [-0.2, 0) is 9.59 Å². The van der Waals surface area contributed by atoms with E-state index in [0.29, 0.717) is 42.3 Å². The van der Waals surface area contributed by atoms with Crippen molar-refractivity contribution in [1.29, 1.82) is 0 Å². The molecule has 0 heterocycles. The van der Waals surface area contributed by atoms with E-state index in [-0.39, 0.29) is 23.6 Å². The molecule has 0 aromatic carbocycles. The number of aliphatic hydroxyl groups excluding tert-OH is 1. The van der Waals surface area contributed by atoms with Crippen molar-refractivity contribution in [2.45, 2.75) is 162 Å². The molecule has 4 aliphatic rings. The van der Waals surface area contributed by atoms with Crippen molar-refractivity contribution in [3.63, 3.8) is 0 Å². The highest BCUT2D eigenvalue weighted by Crippen LogP contribution is 2.62. The summed E-state index contributed by atoms with van der Waals surface area (Å²) in [5.41, 5.74) is 4.71. The van der Waals surface area contributed by atoms with E-state index < -0.39 is 0 Å². The van der Waals surface area contributed by atoms with Gasteiger partial charge in [0.15, 0.2) is 5.78 Å². The standard InChI is InChI=1S/C35H57NO3/c1-24(2)36(25(3)4)33(39)15-13-11-9-7-6-8-10-12-14-27-23-35(5)31(20-21-32(35)38)30-18-16-26-22-28(37)17-19-29(26)34(27)30/h22,24-25,27,30-32,38H,6-21,23H2,1-5H3/t27-,30-,31-,32-,35-/m0/s1. The molecular weight excluding hydrogens is 482 g/mol. The Morgan fingerprint density at radius 2 is 1.56 bits per heavy atom. The lowest BCUT2D eigenvalue weighted by Gasteiger charge is -2.52. The normalized spacial score (nSPS) is 30.4. The first-order valence-electron chi connectivity index (χ1n) is 16.6. The topological polar surface area (TPSA) is 57.6 Å². The van der Waals surface area contributed by atoms with Crippen LogP contribution in [0.5, 0.6) is 0 Å². The van der Waals surface area contributed by atoms with Gasteiger partial charge in [-0.3, -0.25) is 9.59 Å². The van der Waals surface area contributed by atoms with Crippen LogP contribution in [0.4, 0.5) is 0 Å². The van der Waals surface area contributed by atoms with Gasteiger partial charge in [-0.1, -0.05) is 57.4 Å². The Hall–Kier alpha value is -1.42. The molecule has 0 radical (unpaired) electrons. The number of hydrogen-bond acceptors (Lipinski definition) is 3. The predicted octanol–water partition coefficient (Wildman–Crippen LogP) is 8.33. The number of ketones is 1. The monoisotopic (exact) mass is 539 g/mol. The molecule has 4 rings (SSSR count). The number of carbonyl (C=O) groups excluding carboxylic acids is 2. The zero-order chi connectivity index (χ0) is 28.2. The SMILES string of the molecule is CC(C)N(C(=O)CCCCCCCCCC[C@H]1C[C@]2(C)[C@@H](O)CC[C@H]2[C@@H]2CCC3=CC(=O)CCC3=C12)C(C)C. The molecule has 0 bridgehead atoms. The molecule has 4 aliphatic carbocycles. The van der Waals surface area contributed by atoms with Gasteiger partial charge in [0.1, 0.15) is 0 Å². The van der Waals surface area contributed by atoms with E-state index >= 15 is 0 Å². The molecule has 0 saturated heterocycles. The molecule has 1 amide bonds. The predicted molar refractivity (Wildman–Crippen MR) is 160 cm³/mol. The van der Waals surface area contributed by atoms with Crippen LogP contribution in [0.2, 0.25) is 0 Å². The zero-order valence-corrected chi connectivity index (χ0v) is 25.8. The van der Waals surface area contributed by atoms with Crippen LogP contribution in [0.15, 0.2) is 22.8 Å². The Bertz CT molecular complexity index is 922. The third kappa shape index (κ3) is 6.91. The van der Waals surface area contributed by atoms with Gasteiger partial charge in [-0.2, -0.15) is 0 Å². The van der Waals surface area contributed by atoms with E-state index in [1.807, 2.05) is 11.0 Å². The van der Waals surface area contributed by atoms with Gasteiger partial charge in [-0.15, -0.1) is 0 Å². The summed E-state index contributed by atoms with van der Waals surface area (Å²) in [5.74, 6) is 2.48. The van der Waals surface area contributed by atoms with E-state index in [4.69, 9.17) is 0 Å². The van der Waals surface area contributed by atoms with Crippen molar-refractivity contribution in [2.24, 2.45) is 23.2 Å². The van der Waals surface area contributed by atoms with Crippen molar-refractivity contribution in [2.75, 3.05) is 0 Å². The number of aliphatic hydroxyl groups is 1. The molecule has 2 fully saturated rings. The lowest BCUT2D eigenvalue weighted by molar-refractivity contribution is -0.134. The summed E-state index contributed by atoms with van der Waals surface area (Å²) in [7, 11) is 0. The number of nitrogens with zero attached hydrogens (tertiary/aromatic N) is 1. The highest BCUT2D eigenvalue weighted by molar-refractivity contribution is 5.93. The second-order valence-electron chi connectivity index (χ2n) is 14.2. The third-order valence-corrected chi connectivity index (χ3v) is 10.9. The minimum absolute atomic E-state index is 0.0772. The first-order valence-corrected chi connectivity index (χ1v) is 16.6. The van der Waals surface area contributed by atoms with Crippen molar-refractivity contribution >= 4 is 11.7 Å². The maximum Gasteiger partial charge on any atom is 0.223 e. The summed E-state index contributed by atoms with van der Waals surface area (Å²) >= 11 is 0. The Morgan fingerprint density at radius 3 is 2.23 bits per heavy atom. The summed E-state index contributed by atoms with van der Waals surface area (Å²) < 4.78 is 0. The molecular formula is C35H57NO3. The lowest BCUT2D eigenvalue weighted by atomic mass is 9.53. The Balaban J connectivity index is 1.21. The van der Waals surface area contributed by atoms with E-state index in [2.05, 4.69) is 34.6 Å². The molecule has 1 N–H and O–H groups in total. The minimum atomic E-state index is -0.143. The number of amides is 1. The Kier molecular flexibility index (Phi) is 10.6. The second-order valence-corrected chi connectivity index (χ2v) is 14.2. The van der Waals surface area contributed by atoms with Gasteiger partial charge in [-0.05, 0) is 119 Å². The summed E-state index contributed by atoms with van der Waals surface area (Å²) in [5, 5.41) is 11.0. The van der Waals surface area contributed by atoms with Crippen molar-refractivity contribution < 1.29 is 14.7 Å². The molecule has 4 nitrogen and oxygen atoms in total. The average molecular weight is 540 g/mol. The first kappa shape index (κ1) is 30.5. The third-order valence-electron chi connectivity index (χ3n) is 10.9. The lowest BCUT2D eigenvalue weighted by Crippen LogP contribution is -2.45. The number of unbranched alkanes of at least 4 members (excludes halogenated alkanes) is 7. The molecule has 39 heavy (non-hydrogen) atoms.